The van der Waals surface area contributed by atoms with Crippen molar-refractivity contribution in [1.29, 1.82) is 0 Å². The molecule has 0 radical (unpaired) electrons. The highest BCUT2D eigenvalue weighted by Crippen LogP contribution is 2.63. The number of benzene rings is 2. The minimum Gasteiger partial charge on any atom is -0.368 e. The molecular formula is C17H17BrCl2NO3P. The maximum atomic E-state index is 13.4. The van der Waals surface area contributed by atoms with Crippen LogP contribution < -0.4 is 5.32 Å². The van der Waals surface area contributed by atoms with E-state index >= 15 is 0 Å². The largest absolute Gasteiger partial charge is 0.368 e. The van der Waals surface area contributed by atoms with Crippen molar-refractivity contribution in [1.82, 2.24) is 0 Å². The van der Waals surface area contributed by atoms with E-state index in [1.54, 1.807) is 18.2 Å². The lowest BCUT2D eigenvalue weighted by atomic mass is 10.2. The molecule has 0 bridgehead atoms. The van der Waals surface area contributed by atoms with Gasteiger partial charge in [0.15, 0.2) is 5.78 Å². The van der Waals surface area contributed by atoms with Gasteiger partial charge in [0.25, 0.3) is 0 Å². The van der Waals surface area contributed by atoms with Crippen LogP contribution in [0.25, 0.3) is 0 Å². The first-order chi connectivity index (χ1) is 11.9. The third-order valence-corrected chi connectivity index (χ3v) is 7.01. The van der Waals surface area contributed by atoms with E-state index in [2.05, 4.69) is 21.2 Å². The van der Waals surface area contributed by atoms with E-state index in [4.69, 9.17) is 32.2 Å². The van der Waals surface area contributed by atoms with E-state index in [1.165, 1.54) is 0 Å². The van der Waals surface area contributed by atoms with Crippen LogP contribution in [0.2, 0.25) is 10.0 Å². The second kappa shape index (κ2) is 7.99. The van der Waals surface area contributed by atoms with Crippen molar-refractivity contribution in [2.24, 2.45) is 0 Å². The summed E-state index contributed by atoms with van der Waals surface area (Å²) in [6.45, 7) is 2.29. The highest BCUT2D eigenvalue weighted by atomic mass is 79.9. The van der Waals surface area contributed by atoms with Crippen molar-refractivity contribution in [3.05, 3.63) is 62.5 Å². The van der Waals surface area contributed by atoms with Crippen molar-refractivity contribution >= 4 is 52.4 Å². The number of rotatable bonds is 4. The predicted octanol–water partition coefficient (Wildman–Crippen LogP) is 6.89. The Morgan fingerprint density at radius 1 is 1.20 bits per heavy atom. The van der Waals surface area contributed by atoms with E-state index in [9.17, 15) is 4.57 Å². The fourth-order valence-electron chi connectivity index (χ4n) is 2.60. The Morgan fingerprint density at radius 2 is 1.84 bits per heavy atom. The maximum Gasteiger partial charge on any atom is 0.357 e. The SMILES string of the molecule is C[C@H]1CCO[P@@](=O)([C@H](Nc2cc(Cl)cc(Cl)c2)c2ccc(Br)cc2)O1. The Bertz CT molecular complexity index is 783. The molecule has 0 saturated carbocycles. The van der Waals surface area contributed by atoms with Crippen molar-refractivity contribution < 1.29 is 13.6 Å². The molecule has 2 aromatic carbocycles. The molecule has 25 heavy (non-hydrogen) atoms. The summed E-state index contributed by atoms with van der Waals surface area (Å²) in [6.07, 6.45) is 0.572. The fourth-order valence-corrected chi connectivity index (χ4v) is 5.53. The lowest BCUT2D eigenvalue weighted by molar-refractivity contribution is 0.0887. The van der Waals surface area contributed by atoms with Crippen molar-refractivity contribution in [2.45, 2.75) is 25.2 Å². The minimum absolute atomic E-state index is 0.137. The molecule has 1 N–H and O–H groups in total. The Kier molecular flexibility index (Phi) is 6.15. The second-order valence-electron chi connectivity index (χ2n) is 5.83. The standard InChI is InChI=1S/C17H17BrCl2NO3P/c1-11-6-7-23-25(22,24-11)17(12-2-4-13(18)5-3-12)21-16-9-14(19)8-15(20)10-16/h2-5,8-11,17,21H,6-7H2,1H3/t11-,17-,25-/m0/s1. The first-order valence-electron chi connectivity index (χ1n) is 7.76. The summed E-state index contributed by atoms with van der Waals surface area (Å²) in [6, 6.07) is 12.6. The average molecular weight is 465 g/mol. The average Bonchev–Trinajstić information content (AvgIpc) is 2.52. The van der Waals surface area contributed by atoms with Crippen molar-refractivity contribution in [2.75, 3.05) is 11.9 Å². The lowest BCUT2D eigenvalue weighted by Gasteiger charge is -2.34. The summed E-state index contributed by atoms with van der Waals surface area (Å²) in [4.78, 5) is 0. The molecule has 8 heteroatoms. The molecule has 0 spiro atoms. The van der Waals surface area contributed by atoms with Gasteiger partial charge >= 0.3 is 7.60 Å². The van der Waals surface area contributed by atoms with Gasteiger partial charge in [-0.2, -0.15) is 0 Å². The molecule has 1 aliphatic heterocycles. The molecule has 0 amide bonds. The number of nitrogens with one attached hydrogen (secondary N) is 1. The Balaban J connectivity index is 1.99. The summed E-state index contributed by atoms with van der Waals surface area (Å²) < 4.78 is 25.7. The van der Waals surface area contributed by atoms with Crippen LogP contribution in [0, 0.1) is 0 Å². The van der Waals surface area contributed by atoms with Gasteiger partial charge in [-0.15, -0.1) is 0 Å². The highest BCUT2D eigenvalue weighted by molar-refractivity contribution is 9.10. The first kappa shape index (κ1) is 19.2. The van der Waals surface area contributed by atoms with Crippen LogP contribution in [0.15, 0.2) is 46.9 Å². The van der Waals surface area contributed by atoms with Gasteiger partial charge in [-0.25, -0.2) is 0 Å². The van der Waals surface area contributed by atoms with Gasteiger partial charge in [-0.3, -0.25) is 4.57 Å². The molecule has 0 aliphatic carbocycles. The minimum atomic E-state index is -3.43. The Morgan fingerprint density at radius 3 is 2.44 bits per heavy atom. The highest BCUT2D eigenvalue weighted by Gasteiger charge is 2.41. The van der Waals surface area contributed by atoms with Crippen LogP contribution in [0.5, 0.6) is 0 Å². The summed E-state index contributed by atoms with van der Waals surface area (Å²) in [7, 11) is -3.43. The summed E-state index contributed by atoms with van der Waals surface area (Å²) in [5.74, 6) is -0.669. The first-order valence-corrected chi connectivity index (χ1v) is 10.9. The summed E-state index contributed by atoms with van der Waals surface area (Å²) in [5, 5.41) is 4.21. The zero-order chi connectivity index (χ0) is 18.0. The van der Waals surface area contributed by atoms with Crippen LogP contribution in [-0.2, 0) is 13.6 Å². The van der Waals surface area contributed by atoms with E-state index in [0.717, 1.165) is 10.0 Å². The van der Waals surface area contributed by atoms with Gasteiger partial charge in [-0.1, -0.05) is 51.3 Å². The molecule has 1 fully saturated rings. The normalized spacial score (nSPS) is 24.7. The number of halogens is 3. The van der Waals surface area contributed by atoms with Crippen LogP contribution in [0.3, 0.4) is 0 Å². The second-order valence-corrected chi connectivity index (χ2v) is 9.69. The summed E-state index contributed by atoms with van der Waals surface area (Å²) >= 11 is 15.6. The zero-order valence-electron chi connectivity index (χ0n) is 13.4. The smallest absolute Gasteiger partial charge is 0.357 e. The summed E-state index contributed by atoms with van der Waals surface area (Å²) in [5.41, 5.74) is 1.43. The van der Waals surface area contributed by atoms with Crippen molar-refractivity contribution in [3.8, 4) is 0 Å². The fraction of sp³-hybridized carbons (Fsp3) is 0.294. The Labute approximate surface area is 165 Å². The quantitative estimate of drug-likeness (QED) is 0.500. The van der Waals surface area contributed by atoms with Gasteiger partial charge in [0.1, 0.15) is 0 Å². The zero-order valence-corrected chi connectivity index (χ0v) is 17.4. The van der Waals surface area contributed by atoms with Gasteiger partial charge in [-0.05, 0) is 49.2 Å². The lowest BCUT2D eigenvalue weighted by Crippen LogP contribution is -2.23. The van der Waals surface area contributed by atoms with Crippen LogP contribution in [0.1, 0.15) is 24.7 Å². The molecule has 3 atom stereocenters. The molecule has 0 unspecified atom stereocenters. The monoisotopic (exact) mass is 463 g/mol. The van der Waals surface area contributed by atoms with Crippen LogP contribution >= 0.6 is 46.7 Å². The molecule has 1 saturated heterocycles. The van der Waals surface area contributed by atoms with Crippen LogP contribution in [-0.4, -0.2) is 12.7 Å². The van der Waals surface area contributed by atoms with E-state index in [0.29, 0.717) is 28.8 Å². The molecule has 1 aliphatic rings. The van der Waals surface area contributed by atoms with E-state index in [-0.39, 0.29) is 6.10 Å². The van der Waals surface area contributed by atoms with Crippen molar-refractivity contribution in [3.63, 3.8) is 0 Å². The molecular weight excluding hydrogens is 448 g/mol. The van der Waals surface area contributed by atoms with Gasteiger partial charge in [0, 0.05) is 20.2 Å². The Hall–Kier alpha value is -0.550. The number of hydrogen-bond acceptors (Lipinski definition) is 4. The van der Waals surface area contributed by atoms with Gasteiger partial charge < -0.3 is 14.4 Å². The molecule has 3 rings (SSSR count). The van der Waals surface area contributed by atoms with Gasteiger partial charge in [0.2, 0.25) is 0 Å². The maximum absolute atomic E-state index is 13.4. The third-order valence-electron chi connectivity index (χ3n) is 3.79. The molecule has 4 nitrogen and oxygen atoms in total. The van der Waals surface area contributed by atoms with E-state index in [1.807, 2.05) is 31.2 Å². The molecule has 134 valence electrons. The molecule has 2 aromatic rings. The number of anilines is 1. The number of hydrogen-bond donors (Lipinski definition) is 1. The van der Waals surface area contributed by atoms with Gasteiger partial charge in [0.05, 0.1) is 12.7 Å². The third kappa shape index (κ3) is 4.79. The van der Waals surface area contributed by atoms with E-state index < -0.39 is 13.4 Å². The molecule has 0 aromatic heterocycles. The van der Waals surface area contributed by atoms with Crippen LogP contribution in [0.4, 0.5) is 5.69 Å². The topological polar surface area (TPSA) is 47.6 Å². The molecule has 1 heterocycles. The predicted molar refractivity (Wildman–Crippen MR) is 106 cm³/mol.